The molecule has 1 heteroatoms. The molecule has 1 aliphatic rings. The highest BCUT2D eigenvalue weighted by atomic mass is 16.3. The van der Waals surface area contributed by atoms with Crippen molar-refractivity contribution in [3.8, 4) is 77.9 Å². The molecule has 1 heterocycles. The third kappa shape index (κ3) is 4.83. The lowest BCUT2D eigenvalue weighted by molar-refractivity contribution is 0.670. The Morgan fingerprint density at radius 2 is 0.596 bits per heavy atom. The molecule has 0 fully saturated rings. The average Bonchev–Trinajstić information content (AvgIpc) is 3.67. The quantitative estimate of drug-likeness (QED) is 0.166. The van der Waals surface area contributed by atoms with Gasteiger partial charge in [0.25, 0.3) is 0 Å². The van der Waals surface area contributed by atoms with Crippen LogP contribution in [0.15, 0.2) is 211 Å². The lowest BCUT2D eigenvalue weighted by Crippen LogP contribution is -1.97. The van der Waals surface area contributed by atoms with Crippen LogP contribution in [-0.2, 0) is 0 Å². The van der Waals surface area contributed by atoms with Gasteiger partial charge in [0.15, 0.2) is 0 Å². The highest BCUT2D eigenvalue weighted by molar-refractivity contribution is 6.22. The molecule has 10 aromatic carbocycles. The van der Waals surface area contributed by atoms with Crippen LogP contribution in [0, 0.1) is 0 Å². The van der Waals surface area contributed by atoms with E-state index in [0.717, 1.165) is 33.1 Å². The first kappa shape index (κ1) is 31.8. The molecule has 0 unspecified atom stereocenters. The second kappa shape index (κ2) is 12.5. The van der Waals surface area contributed by atoms with E-state index in [4.69, 9.17) is 4.42 Å². The van der Waals surface area contributed by atoms with Gasteiger partial charge < -0.3 is 4.42 Å². The monoisotopic (exact) mass is 722 g/mol. The van der Waals surface area contributed by atoms with E-state index in [2.05, 4.69) is 194 Å². The number of rotatable bonds is 3. The number of hydrogen-bond donors (Lipinski definition) is 0. The zero-order valence-electron chi connectivity index (χ0n) is 31.0. The fourth-order valence-corrected chi connectivity index (χ4v) is 9.56. The smallest absolute Gasteiger partial charge is 0.143 e. The van der Waals surface area contributed by atoms with Crippen molar-refractivity contribution in [2.75, 3.05) is 0 Å². The zero-order valence-corrected chi connectivity index (χ0v) is 31.0. The largest absolute Gasteiger partial charge is 0.455 e. The van der Waals surface area contributed by atoms with Crippen molar-refractivity contribution in [3.05, 3.63) is 206 Å². The van der Waals surface area contributed by atoms with Gasteiger partial charge in [-0.2, -0.15) is 0 Å². The maximum atomic E-state index is 6.42. The lowest BCUT2D eigenvalue weighted by Gasteiger charge is -2.24. The molecule has 264 valence electrons. The highest BCUT2D eigenvalue weighted by Crippen LogP contribution is 2.50. The number of para-hydroxylation sites is 2. The Balaban J connectivity index is 1.06. The molecule has 57 heavy (non-hydrogen) atoms. The van der Waals surface area contributed by atoms with Crippen molar-refractivity contribution in [2.45, 2.75) is 0 Å². The topological polar surface area (TPSA) is 13.1 Å². The van der Waals surface area contributed by atoms with E-state index in [1.165, 1.54) is 88.3 Å². The summed E-state index contributed by atoms with van der Waals surface area (Å²) >= 11 is 0. The van der Waals surface area contributed by atoms with E-state index in [0.29, 0.717) is 0 Å². The standard InChI is InChI=1S/C56H34O/c1-2-15-40-39(14-1)41-16-3-4-18-43(41)45-33-32-37(34-52(45)44-19-6-5-17-42(40)44)55-49-23-9-7-21-47(49)54(48-22-8-10-24-50(48)55)36-30-28-35(29-31-36)38-25-13-26-51-46-20-11-12-27-53(46)57-56(38)51/h1-34H. The summed E-state index contributed by atoms with van der Waals surface area (Å²) in [5, 5.41) is 7.26. The van der Waals surface area contributed by atoms with E-state index >= 15 is 0 Å². The van der Waals surface area contributed by atoms with Crippen LogP contribution < -0.4 is 0 Å². The molecule has 0 atom stereocenters. The average molecular weight is 723 g/mol. The van der Waals surface area contributed by atoms with Crippen LogP contribution in [0.2, 0.25) is 0 Å². The SMILES string of the molecule is c1ccc2c(c1)-c1ccccc1-c1ccc(-c3c4ccccc4c(-c4ccc(-c5cccc6c5oc5ccccc56)cc4)c4ccccc34)cc1-c1ccccc1-2. The minimum absolute atomic E-state index is 0.916. The molecule has 1 aliphatic carbocycles. The maximum Gasteiger partial charge on any atom is 0.143 e. The van der Waals surface area contributed by atoms with E-state index < -0.39 is 0 Å². The number of benzene rings is 10. The molecule has 0 radical (unpaired) electrons. The van der Waals surface area contributed by atoms with Crippen molar-refractivity contribution < 1.29 is 4.42 Å². The Morgan fingerprint density at radius 1 is 0.228 bits per heavy atom. The van der Waals surface area contributed by atoms with Gasteiger partial charge in [-0.1, -0.05) is 194 Å². The van der Waals surface area contributed by atoms with Crippen LogP contribution in [0.1, 0.15) is 0 Å². The van der Waals surface area contributed by atoms with Gasteiger partial charge in [0, 0.05) is 16.3 Å². The Kier molecular flexibility index (Phi) is 7.00. The van der Waals surface area contributed by atoms with Gasteiger partial charge >= 0.3 is 0 Å². The summed E-state index contributed by atoms with van der Waals surface area (Å²) in [5.74, 6) is 0. The second-order valence-electron chi connectivity index (χ2n) is 15.1. The highest BCUT2D eigenvalue weighted by Gasteiger charge is 2.23. The maximum absolute atomic E-state index is 6.42. The predicted molar refractivity (Wildman–Crippen MR) is 240 cm³/mol. The molecule has 0 N–H and O–H groups in total. The summed E-state index contributed by atoms with van der Waals surface area (Å²) in [5.41, 5.74) is 19.0. The first-order chi connectivity index (χ1) is 28.3. The van der Waals surface area contributed by atoms with Crippen LogP contribution in [0.5, 0.6) is 0 Å². The van der Waals surface area contributed by atoms with E-state index in [9.17, 15) is 0 Å². The lowest BCUT2D eigenvalue weighted by atomic mass is 9.79. The molecular weight excluding hydrogens is 689 g/mol. The van der Waals surface area contributed by atoms with Gasteiger partial charge in [-0.3, -0.25) is 0 Å². The molecule has 0 bridgehead atoms. The summed E-state index contributed by atoms with van der Waals surface area (Å²) < 4.78 is 6.42. The first-order valence-electron chi connectivity index (χ1n) is 19.7. The predicted octanol–water partition coefficient (Wildman–Crippen LogP) is 15.9. The molecule has 0 saturated carbocycles. The minimum atomic E-state index is 0.916. The van der Waals surface area contributed by atoms with Crippen molar-refractivity contribution >= 4 is 43.5 Å². The third-order valence-corrected chi connectivity index (χ3v) is 12.1. The third-order valence-electron chi connectivity index (χ3n) is 12.1. The Hall–Kier alpha value is -7.48. The molecule has 0 spiro atoms. The summed E-state index contributed by atoms with van der Waals surface area (Å²) in [6.45, 7) is 0. The van der Waals surface area contributed by atoms with E-state index in [-0.39, 0.29) is 0 Å². The molecule has 0 aliphatic heterocycles. The fraction of sp³-hybridized carbons (Fsp3) is 0. The summed E-state index contributed by atoms with van der Waals surface area (Å²) in [6, 6.07) is 75.4. The first-order valence-corrected chi connectivity index (χ1v) is 19.7. The molecule has 12 rings (SSSR count). The van der Waals surface area contributed by atoms with Gasteiger partial charge in [0.1, 0.15) is 11.2 Å². The molecule has 1 aromatic heterocycles. The van der Waals surface area contributed by atoms with E-state index in [1.807, 2.05) is 12.1 Å². The van der Waals surface area contributed by atoms with Crippen molar-refractivity contribution in [2.24, 2.45) is 0 Å². The van der Waals surface area contributed by atoms with Crippen molar-refractivity contribution in [1.29, 1.82) is 0 Å². The summed E-state index contributed by atoms with van der Waals surface area (Å²) in [7, 11) is 0. The molecule has 0 saturated heterocycles. The second-order valence-corrected chi connectivity index (χ2v) is 15.1. The van der Waals surface area contributed by atoms with Crippen molar-refractivity contribution in [3.63, 3.8) is 0 Å². The van der Waals surface area contributed by atoms with Crippen LogP contribution in [0.3, 0.4) is 0 Å². The van der Waals surface area contributed by atoms with Gasteiger partial charge in [-0.05, 0) is 106 Å². The fourth-order valence-electron chi connectivity index (χ4n) is 9.56. The number of furan rings is 1. The Bertz CT molecular complexity index is 3340. The number of fused-ring (bicyclic) bond motifs is 13. The molecular formula is C56H34O. The van der Waals surface area contributed by atoms with Gasteiger partial charge in [0.2, 0.25) is 0 Å². The van der Waals surface area contributed by atoms with Crippen LogP contribution in [-0.4, -0.2) is 0 Å². The van der Waals surface area contributed by atoms with Gasteiger partial charge in [0.05, 0.1) is 0 Å². The van der Waals surface area contributed by atoms with Crippen LogP contribution >= 0.6 is 0 Å². The summed E-state index contributed by atoms with van der Waals surface area (Å²) in [4.78, 5) is 0. The van der Waals surface area contributed by atoms with Crippen molar-refractivity contribution in [1.82, 2.24) is 0 Å². The molecule has 0 amide bonds. The Labute approximate surface area is 330 Å². The molecule has 1 nitrogen and oxygen atoms in total. The van der Waals surface area contributed by atoms with E-state index in [1.54, 1.807) is 0 Å². The van der Waals surface area contributed by atoms with Crippen LogP contribution in [0.4, 0.5) is 0 Å². The Morgan fingerprint density at radius 3 is 1.14 bits per heavy atom. The van der Waals surface area contributed by atoms with Crippen LogP contribution in [0.25, 0.3) is 121 Å². The normalized spacial score (nSPS) is 11.9. The summed E-state index contributed by atoms with van der Waals surface area (Å²) in [6.07, 6.45) is 0. The number of hydrogen-bond acceptors (Lipinski definition) is 1. The molecule has 11 aromatic rings. The zero-order chi connectivity index (χ0) is 37.5. The van der Waals surface area contributed by atoms with Gasteiger partial charge in [-0.15, -0.1) is 0 Å². The minimum Gasteiger partial charge on any atom is -0.455 e. The van der Waals surface area contributed by atoms with Gasteiger partial charge in [-0.25, -0.2) is 0 Å².